The summed E-state index contributed by atoms with van der Waals surface area (Å²) in [6, 6.07) is 8.12. The highest BCUT2D eigenvalue weighted by Gasteiger charge is 2.14. The molecule has 4 nitrogen and oxygen atoms in total. The average Bonchev–Trinajstić information content (AvgIpc) is 2.76. The minimum Gasteiger partial charge on any atom is -0.392 e. The molecule has 2 rings (SSSR count). The molecule has 0 bridgehead atoms. The maximum atomic E-state index is 11.9. The van der Waals surface area contributed by atoms with Crippen molar-refractivity contribution >= 4 is 6.03 Å². The summed E-state index contributed by atoms with van der Waals surface area (Å²) in [6.07, 6.45) is 8.06. The maximum absolute atomic E-state index is 11.9. The van der Waals surface area contributed by atoms with Crippen molar-refractivity contribution in [3.63, 3.8) is 0 Å². The first-order chi connectivity index (χ1) is 10.3. The number of amides is 2. The van der Waals surface area contributed by atoms with E-state index in [4.69, 9.17) is 5.11 Å². The molecule has 2 amide bonds. The Bertz CT molecular complexity index is 423. The number of nitrogens with one attached hydrogen (secondary N) is 2. The van der Waals surface area contributed by atoms with Gasteiger partial charge in [-0.1, -0.05) is 49.9 Å². The fourth-order valence-electron chi connectivity index (χ4n) is 2.79. The highest BCUT2D eigenvalue weighted by molar-refractivity contribution is 5.74. The third-order valence-corrected chi connectivity index (χ3v) is 4.10. The molecule has 0 aromatic heterocycles. The molecule has 1 aliphatic carbocycles. The molecule has 0 saturated heterocycles. The van der Waals surface area contributed by atoms with E-state index in [0.29, 0.717) is 12.6 Å². The van der Waals surface area contributed by atoms with Gasteiger partial charge in [0.25, 0.3) is 0 Å². The van der Waals surface area contributed by atoms with Gasteiger partial charge in [0, 0.05) is 12.6 Å². The van der Waals surface area contributed by atoms with E-state index in [9.17, 15) is 4.79 Å². The summed E-state index contributed by atoms with van der Waals surface area (Å²) in [5.41, 5.74) is 2.08. The average molecular weight is 290 g/mol. The first kappa shape index (κ1) is 15.8. The van der Waals surface area contributed by atoms with E-state index in [1.165, 1.54) is 31.2 Å². The molecule has 1 aromatic carbocycles. The number of urea groups is 1. The van der Waals surface area contributed by atoms with Gasteiger partial charge in [-0.05, 0) is 30.4 Å². The number of aliphatic hydroxyl groups excluding tert-OH is 1. The van der Waals surface area contributed by atoms with Crippen molar-refractivity contribution in [1.82, 2.24) is 10.6 Å². The summed E-state index contributed by atoms with van der Waals surface area (Å²) < 4.78 is 0. The molecule has 1 fully saturated rings. The van der Waals surface area contributed by atoms with E-state index >= 15 is 0 Å². The number of rotatable bonds is 5. The van der Waals surface area contributed by atoms with E-state index in [1.54, 1.807) is 0 Å². The van der Waals surface area contributed by atoms with Crippen molar-refractivity contribution < 1.29 is 9.90 Å². The highest BCUT2D eigenvalue weighted by atomic mass is 16.3. The van der Waals surface area contributed by atoms with Crippen LogP contribution in [-0.4, -0.2) is 23.7 Å². The summed E-state index contributed by atoms with van der Waals surface area (Å²) in [4.78, 5) is 11.9. The van der Waals surface area contributed by atoms with Gasteiger partial charge < -0.3 is 15.7 Å². The Morgan fingerprint density at radius 2 is 1.67 bits per heavy atom. The molecule has 0 heterocycles. The highest BCUT2D eigenvalue weighted by Crippen LogP contribution is 2.16. The number of carbonyl (C=O) groups excluding carboxylic acids is 1. The molecule has 1 saturated carbocycles. The largest absolute Gasteiger partial charge is 0.392 e. The van der Waals surface area contributed by atoms with Gasteiger partial charge in [-0.15, -0.1) is 0 Å². The van der Waals surface area contributed by atoms with Gasteiger partial charge in [0.1, 0.15) is 0 Å². The molecule has 1 aliphatic rings. The van der Waals surface area contributed by atoms with Gasteiger partial charge in [-0.3, -0.25) is 0 Å². The Morgan fingerprint density at radius 3 is 2.29 bits per heavy atom. The Kier molecular flexibility index (Phi) is 6.54. The topological polar surface area (TPSA) is 61.4 Å². The van der Waals surface area contributed by atoms with Crippen LogP contribution in [0, 0.1) is 0 Å². The zero-order valence-corrected chi connectivity index (χ0v) is 12.6. The molecule has 0 radical (unpaired) electrons. The molecule has 0 spiro atoms. The van der Waals surface area contributed by atoms with Crippen molar-refractivity contribution in [2.45, 2.75) is 57.6 Å². The molecule has 116 valence electrons. The molecule has 4 heteroatoms. The van der Waals surface area contributed by atoms with Crippen molar-refractivity contribution in [3.05, 3.63) is 35.4 Å². The minimum atomic E-state index is -0.0473. The summed E-state index contributed by atoms with van der Waals surface area (Å²) in [5, 5.41) is 15.0. The summed E-state index contributed by atoms with van der Waals surface area (Å²) in [5.74, 6) is 0. The lowest BCUT2D eigenvalue weighted by Crippen LogP contribution is -2.42. The van der Waals surface area contributed by atoms with Crippen LogP contribution in [0.25, 0.3) is 0 Å². The lowest BCUT2D eigenvalue weighted by molar-refractivity contribution is 0.235. The van der Waals surface area contributed by atoms with Gasteiger partial charge in [-0.25, -0.2) is 4.79 Å². The van der Waals surface area contributed by atoms with Crippen molar-refractivity contribution in [2.75, 3.05) is 6.54 Å². The van der Waals surface area contributed by atoms with Crippen molar-refractivity contribution in [1.29, 1.82) is 0 Å². The van der Waals surface area contributed by atoms with Crippen molar-refractivity contribution in [3.8, 4) is 0 Å². The van der Waals surface area contributed by atoms with Crippen molar-refractivity contribution in [2.24, 2.45) is 0 Å². The molecule has 0 aliphatic heterocycles. The molecule has 21 heavy (non-hydrogen) atoms. The number of carbonyl (C=O) groups is 1. The second kappa shape index (κ2) is 8.67. The number of benzene rings is 1. The van der Waals surface area contributed by atoms with Crippen LogP contribution in [0.5, 0.6) is 0 Å². The molecule has 3 N–H and O–H groups in total. The Hall–Kier alpha value is -1.55. The monoisotopic (exact) mass is 290 g/mol. The van der Waals surface area contributed by atoms with Crippen LogP contribution in [0.4, 0.5) is 4.79 Å². The molecular formula is C17H26N2O2. The second-order valence-corrected chi connectivity index (χ2v) is 5.81. The molecule has 0 unspecified atom stereocenters. The third kappa shape index (κ3) is 5.76. The van der Waals surface area contributed by atoms with Gasteiger partial charge in [0.15, 0.2) is 0 Å². The molecule has 1 aromatic rings. The van der Waals surface area contributed by atoms with Crippen LogP contribution in [-0.2, 0) is 13.0 Å². The van der Waals surface area contributed by atoms with Crippen LogP contribution in [0.3, 0.4) is 0 Å². The van der Waals surface area contributed by atoms with E-state index in [1.807, 2.05) is 24.3 Å². The lowest BCUT2D eigenvalue weighted by Gasteiger charge is -2.16. The summed E-state index contributed by atoms with van der Waals surface area (Å²) >= 11 is 0. The van der Waals surface area contributed by atoms with Crippen LogP contribution in [0.15, 0.2) is 24.3 Å². The minimum absolute atomic E-state index is 0.0473. The summed E-state index contributed by atoms with van der Waals surface area (Å²) in [6.45, 7) is 0.708. The predicted octanol–water partition coefficient (Wildman–Crippen LogP) is 2.74. The van der Waals surface area contributed by atoms with E-state index < -0.39 is 0 Å². The Morgan fingerprint density at radius 1 is 1.05 bits per heavy atom. The second-order valence-electron chi connectivity index (χ2n) is 5.81. The van der Waals surface area contributed by atoms with Gasteiger partial charge >= 0.3 is 6.03 Å². The van der Waals surface area contributed by atoms with E-state index in [2.05, 4.69) is 10.6 Å². The molecular weight excluding hydrogens is 264 g/mol. The normalized spacial score (nSPS) is 16.2. The van der Waals surface area contributed by atoms with Crippen LogP contribution < -0.4 is 10.6 Å². The van der Waals surface area contributed by atoms with Gasteiger partial charge in [0.2, 0.25) is 0 Å². The van der Waals surface area contributed by atoms with Gasteiger partial charge in [-0.2, -0.15) is 0 Å². The zero-order chi connectivity index (χ0) is 14.9. The van der Waals surface area contributed by atoms with E-state index in [0.717, 1.165) is 24.8 Å². The maximum Gasteiger partial charge on any atom is 0.315 e. The van der Waals surface area contributed by atoms with Crippen LogP contribution in [0.1, 0.15) is 49.7 Å². The quantitative estimate of drug-likeness (QED) is 0.730. The standard InChI is InChI=1S/C17H26N2O2/c20-13-15-9-7-14(8-10-15)11-12-18-17(21)19-16-5-3-1-2-4-6-16/h7-10,16,20H,1-6,11-13H2,(H2,18,19,21). The smallest absolute Gasteiger partial charge is 0.315 e. The van der Waals surface area contributed by atoms with Gasteiger partial charge in [0.05, 0.1) is 6.61 Å². The first-order valence-corrected chi connectivity index (χ1v) is 8.01. The SMILES string of the molecule is O=C(NCCc1ccc(CO)cc1)NC1CCCCCC1. The number of hydrogen-bond acceptors (Lipinski definition) is 2. The predicted molar refractivity (Wildman–Crippen MR) is 84.1 cm³/mol. The Labute approximate surface area is 126 Å². The fourth-order valence-corrected chi connectivity index (χ4v) is 2.79. The number of aliphatic hydroxyl groups is 1. The van der Waals surface area contributed by atoms with Crippen LogP contribution in [0.2, 0.25) is 0 Å². The first-order valence-electron chi connectivity index (χ1n) is 8.01. The van der Waals surface area contributed by atoms with Crippen LogP contribution >= 0.6 is 0 Å². The molecule has 0 atom stereocenters. The third-order valence-electron chi connectivity index (χ3n) is 4.10. The van der Waals surface area contributed by atoms with E-state index in [-0.39, 0.29) is 12.6 Å². The lowest BCUT2D eigenvalue weighted by atomic mass is 10.1. The number of hydrogen-bond donors (Lipinski definition) is 3. The fraction of sp³-hybridized carbons (Fsp3) is 0.588. The summed E-state index contributed by atoms with van der Waals surface area (Å²) in [7, 11) is 0. The zero-order valence-electron chi connectivity index (χ0n) is 12.6. The Balaban J connectivity index is 1.66.